The third-order valence-electron chi connectivity index (χ3n) is 2.35. The lowest BCUT2D eigenvalue weighted by molar-refractivity contribution is 0.529. The number of rotatable bonds is 3. The van der Waals surface area contributed by atoms with Crippen LogP contribution in [0.25, 0.3) is 0 Å². The van der Waals surface area contributed by atoms with E-state index in [2.05, 4.69) is 10.6 Å². The van der Waals surface area contributed by atoms with Gasteiger partial charge in [-0.1, -0.05) is 0 Å². The molecule has 0 spiro atoms. The molecule has 1 rings (SSSR count). The van der Waals surface area contributed by atoms with Crippen molar-refractivity contribution < 1.29 is 4.42 Å². The van der Waals surface area contributed by atoms with E-state index in [9.17, 15) is 0 Å². The molecule has 0 unspecified atom stereocenters. The van der Waals surface area contributed by atoms with Crippen LogP contribution in [0.3, 0.4) is 0 Å². The van der Waals surface area contributed by atoms with Crippen molar-refractivity contribution in [2.24, 2.45) is 0 Å². The smallest absolute Gasteiger partial charge is 0.197 e. The molecule has 0 aliphatic carbocycles. The first-order chi connectivity index (χ1) is 8.00. The van der Waals surface area contributed by atoms with E-state index in [1.807, 2.05) is 13.0 Å². The zero-order valence-electron chi connectivity index (χ0n) is 10.4. The molecule has 17 heavy (non-hydrogen) atoms. The average molecular weight is 237 g/mol. The minimum absolute atomic E-state index is 0.129. The molecule has 94 valence electrons. The molecular formula is C11H19N5O. The fourth-order valence-corrected chi connectivity index (χ4v) is 1.27. The second-order valence-electron chi connectivity index (χ2n) is 3.92. The van der Waals surface area contributed by atoms with Gasteiger partial charge in [-0.2, -0.15) is 0 Å². The van der Waals surface area contributed by atoms with E-state index in [-0.39, 0.29) is 11.9 Å². The maximum absolute atomic E-state index is 7.58. The number of hydrogen-bond donors (Lipinski definition) is 4. The van der Waals surface area contributed by atoms with E-state index in [1.165, 1.54) is 0 Å². The minimum atomic E-state index is 0.129. The topological polar surface area (TPSA) is 88.1 Å². The van der Waals surface area contributed by atoms with E-state index in [1.54, 1.807) is 25.3 Å². The molecule has 6 heteroatoms. The van der Waals surface area contributed by atoms with Gasteiger partial charge in [0.25, 0.3) is 0 Å². The summed E-state index contributed by atoms with van der Waals surface area (Å²) in [5, 5.41) is 20.6. The van der Waals surface area contributed by atoms with Crippen molar-refractivity contribution in [3.8, 4) is 0 Å². The Labute approximate surface area is 101 Å². The van der Waals surface area contributed by atoms with Gasteiger partial charge in [0, 0.05) is 20.6 Å². The van der Waals surface area contributed by atoms with Crippen LogP contribution in [-0.4, -0.2) is 37.5 Å². The molecule has 1 aromatic rings. The van der Waals surface area contributed by atoms with Crippen LogP contribution in [0.5, 0.6) is 0 Å². The van der Waals surface area contributed by atoms with Crippen LogP contribution in [0, 0.1) is 17.7 Å². The number of nitrogens with zero attached hydrogens (tertiary/aromatic N) is 1. The van der Waals surface area contributed by atoms with Gasteiger partial charge in [0.2, 0.25) is 0 Å². The molecular weight excluding hydrogens is 218 g/mol. The zero-order chi connectivity index (χ0) is 12.8. The number of nitrogens with one attached hydrogen (secondary N) is 4. The Kier molecular flexibility index (Phi) is 4.56. The Morgan fingerprint density at radius 1 is 1.41 bits per heavy atom. The van der Waals surface area contributed by atoms with Crippen molar-refractivity contribution in [2.75, 3.05) is 20.6 Å². The molecule has 0 fully saturated rings. The Hall–Kier alpha value is -1.98. The monoisotopic (exact) mass is 237 g/mol. The maximum atomic E-state index is 7.58. The summed E-state index contributed by atoms with van der Waals surface area (Å²) in [4.78, 5) is 1.59. The normalized spacial score (nSPS) is 9.82. The maximum Gasteiger partial charge on any atom is 0.197 e. The summed E-state index contributed by atoms with van der Waals surface area (Å²) >= 11 is 0. The molecule has 0 atom stereocenters. The summed E-state index contributed by atoms with van der Waals surface area (Å²) in [6.07, 6.45) is 2.46. The number of furan rings is 1. The van der Waals surface area contributed by atoms with Crippen LogP contribution in [0.1, 0.15) is 11.3 Å². The molecule has 4 N–H and O–H groups in total. The van der Waals surface area contributed by atoms with Crippen molar-refractivity contribution in [3.05, 3.63) is 23.7 Å². The fourth-order valence-electron chi connectivity index (χ4n) is 1.27. The highest BCUT2D eigenvalue weighted by molar-refractivity contribution is 5.95. The lowest BCUT2D eigenvalue weighted by atomic mass is 10.2. The summed E-state index contributed by atoms with van der Waals surface area (Å²) in [5.74, 6) is 1.22. The molecule has 0 aliphatic rings. The SMILES string of the molecule is Cc1occc1CCNC(=N)NC(=N)N(C)C. The molecule has 1 heterocycles. The Bertz CT molecular complexity index is 396. The van der Waals surface area contributed by atoms with E-state index < -0.39 is 0 Å². The molecule has 0 radical (unpaired) electrons. The third kappa shape index (κ3) is 4.18. The van der Waals surface area contributed by atoms with Crippen molar-refractivity contribution in [2.45, 2.75) is 13.3 Å². The number of hydrogen-bond acceptors (Lipinski definition) is 3. The van der Waals surface area contributed by atoms with Gasteiger partial charge in [-0.3, -0.25) is 16.1 Å². The first-order valence-corrected chi connectivity index (χ1v) is 5.39. The largest absolute Gasteiger partial charge is 0.469 e. The van der Waals surface area contributed by atoms with Crippen molar-refractivity contribution in [1.29, 1.82) is 10.8 Å². The summed E-state index contributed by atoms with van der Waals surface area (Å²) in [6, 6.07) is 1.93. The molecule has 0 aromatic carbocycles. The minimum Gasteiger partial charge on any atom is -0.469 e. The number of guanidine groups is 2. The summed E-state index contributed by atoms with van der Waals surface area (Å²) in [7, 11) is 3.49. The van der Waals surface area contributed by atoms with Crippen LogP contribution in [0.15, 0.2) is 16.7 Å². The second kappa shape index (κ2) is 5.93. The van der Waals surface area contributed by atoms with Crippen LogP contribution >= 0.6 is 0 Å². The number of aryl methyl sites for hydroxylation is 1. The highest BCUT2D eigenvalue weighted by Crippen LogP contribution is 2.08. The predicted octanol–water partition coefficient (Wildman–Crippen LogP) is 0.741. The van der Waals surface area contributed by atoms with Gasteiger partial charge in [0.1, 0.15) is 5.76 Å². The molecule has 1 aromatic heterocycles. The van der Waals surface area contributed by atoms with Gasteiger partial charge >= 0.3 is 0 Å². The van der Waals surface area contributed by atoms with Crippen LogP contribution < -0.4 is 10.6 Å². The second-order valence-corrected chi connectivity index (χ2v) is 3.92. The Morgan fingerprint density at radius 3 is 2.65 bits per heavy atom. The van der Waals surface area contributed by atoms with E-state index in [0.717, 1.165) is 17.7 Å². The quantitative estimate of drug-likeness (QED) is 0.461. The molecule has 0 amide bonds. The summed E-state index contributed by atoms with van der Waals surface area (Å²) in [6.45, 7) is 2.55. The van der Waals surface area contributed by atoms with E-state index in [0.29, 0.717) is 6.54 Å². The van der Waals surface area contributed by atoms with Gasteiger partial charge in [-0.15, -0.1) is 0 Å². The predicted molar refractivity (Wildman–Crippen MR) is 67.4 cm³/mol. The average Bonchev–Trinajstić information content (AvgIpc) is 2.64. The molecule has 0 saturated carbocycles. The van der Waals surface area contributed by atoms with Crippen LogP contribution in [-0.2, 0) is 6.42 Å². The first kappa shape index (κ1) is 13.1. The van der Waals surface area contributed by atoms with Crippen LogP contribution in [0.2, 0.25) is 0 Å². The lowest BCUT2D eigenvalue weighted by Gasteiger charge is -2.16. The lowest BCUT2D eigenvalue weighted by Crippen LogP contribution is -2.45. The van der Waals surface area contributed by atoms with Gasteiger partial charge in [0.05, 0.1) is 6.26 Å². The van der Waals surface area contributed by atoms with Crippen molar-refractivity contribution in [1.82, 2.24) is 15.5 Å². The van der Waals surface area contributed by atoms with Gasteiger partial charge in [-0.25, -0.2) is 0 Å². The van der Waals surface area contributed by atoms with Crippen molar-refractivity contribution >= 4 is 11.9 Å². The zero-order valence-corrected chi connectivity index (χ0v) is 10.4. The Balaban J connectivity index is 2.25. The molecule has 6 nitrogen and oxygen atoms in total. The standard InChI is InChI=1S/C11H19N5O/c1-8-9(5-7-17-8)4-6-14-10(12)15-11(13)16(2)3/h5,7H,4,6H2,1-3H3,(H4,12,13,14,15). The van der Waals surface area contributed by atoms with E-state index >= 15 is 0 Å². The van der Waals surface area contributed by atoms with Gasteiger partial charge in [0.15, 0.2) is 11.9 Å². The van der Waals surface area contributed by atoms with Gasteiger partial charge < -0.3 is 14.6 Å². The van der Waals surface area contributed by atoms with E-state index in [4.69, 9.17) is 15.2 Å². The fraction of sp³-hybridized carbons (Fsp3) is 0.455. The first-order valence-electron chi connectivity index (χ1n) is 5.39. The summed E-state index contributed by atoms with van der Waals surface area (Å²) in [5.41, 5.74) is 1.13. The van der Waals surface area contributed by atoms with Crippen LogP contribution in [0.4, 0.5) is 0 Å². The Morgan fingerprint density at radius 2 is 2.12 bits per heavy atom. The molecule has 0 saturated heterocycles. The summed E-state index contributed by atoms with van der Waals surface area (Å²) < 4.78 is 5.18. The molecule has 0 aliphatic heterocycles. The van der Waals surface area contributed by atoms with Crippen molar-refractivity contribution in [3.63, 3.8) is 0 Å². The van der Waals surface area contributed by atoms with Gasteiger partial charge in [-0.05, 0) is 25.0 Å². The third-order valence-corrected chi connectivity index (χ3v) is 2.35. The highest BCUT2D eigenvalue weighted by Gasteiger charge is 2.03. The molecule has 0 bridgehead atoms. The highest BCUT2D eigenvalue weighted by atomic mass is 16.3.